The van der Waals surface area contributed by atoms with Crippen LogP contribution in [0.15, 0.2) is 36.4 Å². The maximum atomic E-state index is 12.7. The molecule has 2 aliphatic heterocycles. The van der Waals surface area contributed by atoms with Crippen molar-refractivity contribution in [3.8, 4) is 0 Å². The van der Waals surface area contributed by atoms with Gasteiger partial charge in [-0.1, -0.05) is 17.7 Å². The van der Waals surface area contributed by atoms with Gasteiger partial charge < -0.3 is 10.1 Å². The molecule has 0 aromatic heterocycles. The van der Waals surface area contributed by atoms with Gasteiger partial charge in [0.15, 0.2) is 0 Å². The molecular weight excluding hydrogens is 380 g/mol. The van der Waals surface area contributed by atoms with Crippen LogP contribution in [0.2, 0.25) is 5.02 Å². The van der Waals surface area contributed by atoms with Crippen LogP contribution in [-0.2, 0) is 4.74 Å². The van der Waals surface area contributed by atoms with Crippen LogP contribution in [0.1, 0.15) is 49.5 Å². The van der Waals surface area contributed by atoms with Crippen LogP contribution in [-0.4, -0.2) is 41.9 Å². The first-order valence-electron chi connectivity index (χ1n) is 9.13. The first-order chi connectivity index (χ1) is 13.4. The molecule has 1 N–H and O–H groups in total. The fraction of sp³-hybridized carbons (Fsp3) is 0.286. The number of rotatable bonds is 4. The molecule has 1 atom stereocenters. The van der Waals surface area contributed by atoms with Crippen LogP contribution < -0.4 is 5.32 Å². The molecule has 7 heteroatoms. The third kappa shape index (κ3) is 3.41. The van der Waals surface area contributed by atoms with Crippen molar-refractivity contribution in [1.29, 1.82) is 0 Å². The van der Waals surface area contributed by atoms with Crippen molar-refractivity contribution in [2.24, 2.45) is 0 Å². The molecule has 0 bridgehead atoms. The number of benzene rings is 2. The fourth-order valence-corrected chi connectivity index (χ4v) is 3.79. The first kappa shape index (κ1) is 18.7. The summed E-state index contributed by atoms with van der Waals surface area (Å²) in [7, 11) is 0. The van der Waals surface area contributed by atoms with Crippen LogP contribution in [0.3, 0.4) is 0 Å². The first-order valence-corrected chi connectivity index (χ1v) is 9.51. The van der Waals surface area contributed by atoms with Gasteiger partial charge in [0.25, 0.3) is 17.7 Å². The van der Waals surface area contributed by atoms with E-state index in [0.717, 1.165) is 18.4 Å². The molecule has 2 aromatic rings. The van der Waals surface area contributed by atoms with Gasteiger partial charge in [-0.05, 0) is 55.7 Å². The van der Waals surface area contributed by atoms with Crippen molar-refractivity contribution in [2.75, 3.05) is 18.5 Å². The Morgan fingerprint density at radius 2 is 1.96 bits per heavy atom. The summed E-state index contributed by atoms with van der Waals surface area (Å²) in [6.07, 6.45) is 1.65. The molecule has 1 unspecified atom stereocenters. The highest BCUT2D eigenvalue weighted by Gasteiger charge is 2.37. The van der Waals surface area contributed by atoms with E-state index in [9.17, 15) is 14.4 Å². The Hall–Kier alpha value is -2.70. The number of imide groups is 1. The van der Waals surface area contributed by atoms with Crippen LogP contribution in [0, 0.1) is 6.92 Å². The lowest BCUT2D eigenvalue weighted by Gasteiger charge is -2.17. The molecule has 2 aliphatic rings. The third-order valence-corrected chi connectivity index (χ3v) is 5.33. The number of amides is 3. The number of aryl methyl sites for hydroxylation is 1. The van der Waals surface area contributed by atoms with Crippen molar-refractivity contribution >= 4 is 35.0 Å². The highest BCUT2D eigenvalue weighted by Crippen LogP contribution is 2.27. The SMILES string of the molecule is Cc1ccc(NC(=O)c2ccc3c(c2)C(=O)N(CC2CCCO2)C3=O)c(Cl)c1. The predicted molar refractivity (Wildman–Crippen MR) is 105 cm³/mol. The van der Waals surface area contributed by atoms with Gasteiger partial charge in [0.05, 0.1) is 34.5 Å². The van der Waals surface area contributed by atoms with Crippen LogP contribution in [0.5, 0.6) is 0 Å². The van der Waals surface area contributed by atoms with E-state index < -0.39 is 11.8 Å². The topological polar surface area (TPSA) is 75.7 Å². The Labute approximate surface area is 167 Å². The molecular formula is C21H19ClN2O4. The summed E-state index contributed by atoms with van der Waals surface area (Å²) in [6, 6.07) is 9.84. The van der Waals surface area contributed by atoms with E-state index in [-0.39, 0.29) is 29.7 Å². The highest BCUT2D eigenvalue weighted by atomic mass is 35.5. The number of nitrogens with zero attached hydrogens (tertiary/aromatic N) is 1. The van der Waals surface area contributed by atoms with E-state index in [1.165, 1.54) is 23.1 Å². The van der Waals surface area contributed by atoms with Crippen LogP contribution in [0.25, 0.3) is 0 Å². The van der Waals surface area contributed by atoms with Gasteiger partial charge in [0, 0.05) is 12.2 Å². The Morgan fingerprint density at radius 1 is 1.18 bits per heavy atom. The predicted octanol–water partition coefficient (Wildman–Crippen LogP) is 3.68. The summed E-state index contributed by atoms with van der Waals surface area (Å²) in [5.41, 5.74) is 2.31. The number of halogens is 1. The Kier molecular flexibility index (Phi) is 4.91. The number of carbonyl (C=O) groups is 3. The van der Waals surface area contributed by atoms with E-state index >= 15 is 0 Å². The zero-order chi connectivity index (χ0) is 19.8. The molecule has 2 heterocycles. The van der Waals surface area contributed by atoms with Gasteiger partial charge in [0.2, 0.25) is 0 Å². The number of hydrogen-bond donors (Lipinski definition) is 1. The average molecular weight is 399 g/mol. The second kappa shape index (κ2) is 7.37. The van der Waals surface area contributed by atoms with Gasteiger partial charge in [-0.2, -0.15) is 0 Å². The molecule has 28 heavy (non-hydrogen) atoms. The Bertz CT molecular complexity index is 982. The maximum Gasteiger partial charge on any atom is 0.261 e. The second-order valence-electron chi connectivity index (χ2n) is 7.05. The van der Waals surface area contributed by atoms with Gasteiger partial charge in [0.1, 0.15) is 0 Å². The minimum absolute atomic E-state index is 0.117. The Balaban J connectivity index is 1.54. The summed E-state index contributed by atoms with van der Waals surface area (Å²) in [5.74, 6) is -1.13. The van der Waals surface area contributed by atoms with E-state index in [1.807, 2.05) is 13.0 Å². The molecule has 4 rings (SSSR count). The van der Waals surface area contributed by atoms with E-state index in [2.05, 4.69) is 5.32 Å². The summed E-state index contributed by atoms with van der Waals surface area (Å²) in [6.45, 7) is 2.80. The zero-order valence-electron chi connectivity index (χ0n) is 15.3. The number of hydrogen-bond acceptors (Lipinski definition) is 4. The van der Waals surface area contributed by atoms with Gasteiger partial charge in [-0.3, -0.25) is 19.3 Å². The summed E-state index contributed by atoms with van der Waals surface area (Å²) >= 11 is 6.17. The largest absolute Gasteiger partial charge is 0.376 e. The molecule has 0 aliphatic carbocycles. The van der Waals surface area contributed by atoms with Crippen LogP contribution >= 0.6 is 11.6 Å². The van der Waals surface area contributed by atoms with Crippen molar-refractivity contribution in [3.63, 3.8) is 0 Å². The number of fused-ring (bicyclic) bond motifs is 1. The number of anilines is 1. The quantitative estimate of drug-likeness (QED) is 0.797. The normalized spacial score (nSPS) is 18.5. The molecule has 0 saturated carbocycles. The molecule has 144 valence electrons. The lowest BCUT2D eigenvalue weighted by atomic mass is 10.1. The number of nitrogens with one attached hydrogen (secondary N) is 1. The molecule has 1 fully saturated rings. The van der Waals surface area contributed by atoms with Gasteiger partial charge >= 0.3 is 0 Å². The maximum absolute atomic E-state index is 12.7. The molecule has 6 nitrogen and oxygen atoms in total. The minimum atomic E-state index is -0.397. The number of ether oxygens (including phenoxy) is 1. The Morgan fingerprint density at radius 3 is 2.68 bits per heavy atom. The van der Waals surface area contributed by atoms with E-state index in [4.69, 9.17) is 16.3 Å². The monoisotopic (exact) mass is 398 g/mol. The number of carbonyl (C=O) groups excluding carboxylic acids is 3. The molecule has 0 radical (unpaired) electrons. The molecule has 1 saturated heterocycles. The second-order valence-corrected chi connectivity index (χ2v) is 7.46. The van der Waals surface area contributed by atoms with E-state index in [0.29, 0.717) is 22.9 Å². The molecule has 0 spiro atoms. The van der Waals surface area contributed by atoms with Crippen LogP contribution in [0.4, 0.5) is 5.69 Å². The van der Waals surface area contributed by atoms with E-state index in [1.54, 1.807) is 12.1 Å². The van der Waals surface area contributed by atoms with Crippen molar-refractivity contribution < 1.29 is 19.1 Å². The fourth-order valence-electron chi connectivity index (χ4n) is 3.51. The average Bonchev–Trinajstić information content (AvgIpc) is 3.27. The standard InChI is InChI=1S/C21H19ClN2O4/c1-12-4-7-18(17(22)9-12)23-19(25)13-5-6-15-16(10-13)21(27)24(20(15)26)11-14-3-2-8-28-14/h4-7,9-10,14H,2-3,8,11H2,1H3,(H,23,25). The summed E-state index contributed by atoms with van der Waals surface area (Å²) in [4.78, 5) is 39.1. The molecule has 3 amide bonds. The minimum Gasteiger partial charge on any atom is -0.376 e. The zero-order valence-corrected chi connectivity index (χ0v) is 16.1. The summed E-state index contributed by atoms with van der Waals surface area (Å²) in [5, 5.41) is 3.17. The van der Waals surface area contributed by atoms with Gasteiger partial charge in [-0.25, -0.2) is 0 Å². The lowest BCUT2D eigenvalue weighted by molar-refractivity contribution is 0.0475. The highest BCUT2D eigenvalue weighted by molar-refractivity contribution is 6.34. The van der Waals surface area contributed by atoms with Crippen molar-refractivity contribution in [1.82, 2.24) is 4.90 Å². The molecule has 2 aromatic carbocycles. The smallest absolute Gasteiger partial charge is 0.261 e. The summed E-state index contributed by atoms with van der Waals surface area (Å²) < 4.78 is 5.54. The van der Waals surface area contributed by atoms with Gasteiger partial charge in [-0.15, -0.1) is 0 Å². The van der Waals surface area contributed by atoms with Crippen molar-refractivity contribution in [2.45, 2.75) is 25.9 Å². The third-order valence-electron chi connectivity index (χ3n) is 5.02. The lowest BCUT2D eigenvalue weighted by Crippen LogP contribution is -2.36. The van der Waals surface area contributed by atoms with Crippen molar-refractivity contribution in [3.05, 3.63) is 63.7 Å².